The number of hydrogen-bond donors (Lipinski definition) is 2. The molecule has 3 heteroatoms. The minimum atomic E-state index is -0.339. The molecule has 2 rings (SSSR count). The van der Waals surface area contributed by atoms with Gasteiger partial charge in [0, 0.05) is 6.08 Å². The quantitative estimate of drug-likeness (QED) is 0.774. The van der Waals surface area contributed by atoms with Gasteiger partial charge in [-0.15, -0.1) is 0 Å². The molecular weight excluding hydrogens is 214 g/mol. The summed E-state index contributed by atoms with van der Waals surface area (Å²) in [5.41, 5.74) is 1.86. The van der Waals surface area contributed by atoms with Crippen molar-refractivity contribution in [1.29, 1.82) is 0 Å². The molecule has 90 valence electrons. The summed E-state index contributed by atoms with van der Waals surface area (Å²) in [5, 5.41) is 11.9. The summed E-state index contributed by atoms with van der Waals surface area (Å²) >= 11 is 0. The monoisotopic (exact) mass is 231 g/mol. The van der Waals surface area contributed by atoms with Crippen LogP contribution in [0.15, 0.2) is 30.3 Å². The fourth-order valence-corrected chi connectivity index (χ4v) is 1.63. The Balaban J connectivity index is 1.92. The molecule has 17 heavy (non-hydrogen) atoms. The van der Waals surface area contributed by atoms with Crippen LogP contribution in [0.25, 0.3) is 6.08 Å². The third kappa shape index (κ3) is 3.17. The van der Waals surface area contributed by atoms with Gasteiger partial charge in [0.05, 0.1) is 12.1 Å². The van der Waals surface area contributed by atoms with Crippen LogP contribution < -0.4 is 5.32 Å². The minimum absolute atomic E-state index is 0.0249. The lowest BCUT2D eigenvalue weighted by molar-refractivity contribution is -0.117. The Bertz CT molecular complexity index is 430. The van der Waals surface area contributed by atoms with Crippen LogP contribution in [0.2, 0.25) is 0 Å². The first kappa shape index (κ1) is 11.9. The SMILES string of the molecule is Cc1ccc(/C=C/C(=O)NC2(CO)CC2)cc1. The van der Waals surface area contributed by atoms with Crippen LogP contribution in [0.1, 0.15) is 24.0 Å². The molecule has 1 aromatic carbocycles. The van der Waals surface area contributed by atoms with Gasteiger partial charge in [0.1, 0.15) is 0 Å². The molecule has 0 saturated heterocycles. The number of rotatable bonds is 4. The number of hydrogen-bond acceptors (Lipinski definition) is 2. The number of amides is 1. The third-order valence-corrected chi connectivity index (χ3v) is 3.05. The van der Waals surface area contributed by atoms with Gasteiger partial charge in [0.25, 0.3) is 0 Å². The van der Waals surface area contributed by atoms with Gasteiger partial charge in [-0.05, 0) is 31.4 Å². The maximum absolute atomic E-state index is 11.6. The van der Waals surface area contributed by atoms with Crippen molar-refractivity contribution in [3.05, 3.63) is 41.5 Å². The molecule has 1 aliphatic carbocycles. The van der Waals surface area contributed by atoms with Gasteiger partial charge in [-0.25, -0.2) is 0 Å². The highest BCUT2D eigenvalue weighted by Crippen LogP contribution is 2.34. The highest BCUT2D eigenvalue weighted by atomic mass is 16.3. The predicted molar refractivity (Wildman–Crippen MR) is 67.4 cm³/mol. The largest absolute Gasteiger partial charge is 0.394 e. The van der Waals surface area contributed by atoms with Crippen molar-refractivity contribution in [3.8, 4) is 0 Å². The molecule has 0 bridgehead atoms. The fourth-order valence-electron chi connectivity index (χ4n) is 1.63. The minimum Gasteiger partial charge on any atom is -0.394 e. The molecule has 0 atom stereocenters. The number of aliphatic hydroxyl groups is 1. The van der Waals surface area contributed by atoms with Crippen molar-refractivity contribution in [2.75, 3.05) is 6.61 Å². The van der Waals surface area contributed by atoms with E-state index in [1.54, 1.807) is 6.08 Å². The molecule has 0 spiro atoms. The van der Waals surface area contributed by atoms with E-state index in [-0.39, 0.29) is 18.1 Å². The zero-order valence-electron chi connectivity index (χ0n) is 9.94. The third-order valence-electron chi connectivity index (χ3n) is 3.05. The number of carbonyl (C=O) groups is 1. The van der Waals surface area contributed by atoms with Crippen molar-refractivity contribution in [2.24, 2.45) is 0 Å². The average Bonchev–Trinajstić information content (AvgIpc) is 3.09. The van der Waals surface area contributed by atoms with Gasteiger partial charge < -0.3 is 10.4 Å². The molecule has 1 fully saturated rings. The van der Waals surface area contributed by atoms with E-state index in [4.69, 9.17) is 5.11 Å². The fraction of sp³-hybridized carbons (Fsp3) is 0.357. The predicted octanol–water partition coefficient (Wildman–Crippen LogP) is 1.65. The summed E-state index contributed by atoms with van der Waals surface area (Å²) in [6, 6.07) is 7.96. The maximum atomic E-state index is 11.6. The van der Waals surface area contributed by atoms with E-state index in [0.29, 0.717) is 0 Å². The van der Waals surface area contributed by atoms with Crippen LogP contribution in [0.3, 0.4) is 0 Å². The van der Waals surface area contributed by atoms with Crippen LogP contribution in [0, 0.1) is 6.92 Å². The molecule has 0 heterocycles. The Morgan fingerprint density at radius 1 is 1.41 bits per heavy atom. The summed E-state index contributed by atoms with van der Waals surface area (Å²) in [7, 11) is 0. The lowest BCUT2D eigenvalue weighted by atomic mass is 10.1. The van der Waals surface area contributed by atoms with Gasteiger partial charge in [0.2, 0.25) is 5.91 Å². The molecule has 0 radical (unpaired) electrons. The molecule has 1 amide bonds. The van der Waals surface area contributed by atoms with Crippen molar-refractivity contribution >= 4 is 12.0 Å². The molecule has 3 nitrogen and oxygen atoms in total. The van der Waals surface area contributed by atoms with E-state index in [1.165, 1.54) is 11.6 Å². The second kappa shape index (κ2) is 4.72. The normalized spacial score (nSPS) is 17.1. The number of benzene rings is 1. The zero-order chi connectivity index (χ0) is 12.3. The molecular formula is C14H17NO2. The molecule has 1 aromatic rings. The second-order valence-electron chi connectivity index (χ2n) is 4.67. The van der Waals surface area contributed by atoms with Crippen molar-refractivity contribution < 1.29 is 9.90 Å². The number of nitrogens with one attached hydrogen (secondary N) is 1. The highest BCUT2D eigenvalue weighted by molar-refractivity contribution is 5.92. The summed E-state index contributed by atoms with van der Waals surface area (Å²) in [6.45, 7) is 2.05. The van der Waals surface area contributed by atoms with E-state index in [2.05, 4.69) is 5.32 Å². The Hall–Kier alpha value is -1.61. The van der Waals surface area contributed by atoms with E-state index in [9.17, 15) is 4.79 Å². The van der Waals surface area contributed by atoms with Gasteiger partial charge in [-0.1, -0.05) is 29.8 Å². The van der Waals surface area contributed by atoms with E-state index < -0.39 is 0 Å². The Labute approximate surface area is 101 Å². The number of aryl methyl sites for hydroxylation is 1. The molecule has 0 aliphatic heterocycles. The van der Waals surface area contributed by atoms with E-state index >= 15 is 0 Å². The Morgan fingerprint density at radius 2 is 2.06 bits per heavy atom. The van der Waals surface area contributed by atoms with Gasteiger partial charge in [-0.2, -0.15) is 0 Å². The molecule has 0 unspecified atom stereocenters. The van der Waals surface area contributed by atoms with Gasteiger partial charge >= 0.3 is 0 Å². The summed E-state index contributed by atoms with van der Waals surface area (Å²) in [5.74, 6) is -0.142. The smallest absolute Gasteiger partial charge is 0.244 e. The van der Waals surface area contributed by atoms with Crippen LogP contribution >= 0.6 is 0 Å². The van der Waals surface area contributed by atoms with Crippen LogP contribution in [-0.4, -0.2) is 23.2 Å². The standard InChI is InChI=1S/C14H17NO2/c1-11-2-4-12(5-3-11)6-7-13(17)15-14(10-16)8-9-14/h2-7,16H,8-10H2,1H3,(H,15,17)/b7-6+. The lowest BCUT2D eigenvalue weighted by Gasteiger charge is -2.11. The first-order valence-corrected chi connectivity index (χ1v) is 5.81. The Kier molecular flexibility index (Phi) is 3.29. The molecule has 2 N–H and O–H groups in total. The lowest BCUT2D eigenvalue weighted by Crippen LogP contribution is -2.38. The Morgan fingerprint density at radius 3 is 2.59 bits per heavy atom. The van der Waals surface area contributed by atoms with Crippen LogP contribution in [-0.2, 0) is 4.79 Å². The number of carbonyl (C=O) groups excluding carboxylic acids is 1. The summed E-state index contributed by atoms with van der Waals surface area (Å²) in [6.07, 6.45) is 5.03. The van der Waals surface area contributed by atoms with Crippen molar-refractivity contribution in [1.82, 2.24) is 5.32 Å². The van der Waals surface area contributed by atoms with E-state index in [0.717, 1.165) is 18.4 Å². The topological polar surface area (TPSA) is 49.3 Å². The van der Waals surface area contributed by atoms with E-state index in [1.807, 2.05) is 31.2 Å². The molecule has 0 aromatic heterocycles. The second-order valence-corrected chi connectivity index (χ2v) is 4.67. The average molecular weight is 231 g/mol. The zero-order valence-corrected chi connectivity index (χ0v) is 9.94. The summed E-state index contributed by atoms with van der Waals surface area (Å²) < 4.78 is 0. The highest BCUT2D eigenvalue weighted by Gasteiger charge is 2.42. The van der Waals surface area contributed by atoms with Crippen LogP contribution in [0.4, 0.5) is 0 Å². The van der Waals surface area contributed by atoms with Gasteiger partial charge in [-0.3, -0.25) is 4.79 Å². The number of aliphatic hydroxyl groups excluding tert-OH is 1. The van der Waals surface area contributed by atoms with Crippen LogP contribution in [0.5, 0.6) is 0 Å². The van der Waals surface area contributed by atoms with Gasteiger partial charge in [0.15, 0.2) is 0 Å². The maximum Gasteiger partial charge on any atom is 0.244 e. The molecule has 1 saturated carbocycles. The summed E-state index contributed by atoms with van der Waals surface area (Å²) in [4.78, 5) is 11.6. The van der Waals surface area contributed by atoms with Crippen molar-refractivity contribution in [3.63, 3.8) is 0 Å². The first-order valence-electron chi connectivity index (χ1n) is 5.81. The molecule has 1 aliphatic rings. The van der Waals surface area contributed by atoms with Crippen molar-refractivity contribution in [2.45, 2.75) is 25.3 Å². The first-order chi connectivity index (χ1) is 8.13.